The zero-order chi connectivity index (χ0) is 13.0. The van der Waals surface area contributed by atoms with Gasteiger partial charge in [0, 0.05) is 11.4 Å². The molecule has 0 bridgehead atoms. The summed E-state index contributed by atoms with van der Waals surface area (Å²) in [5.74, 6) is -0.167. The van der Waals surface area contributed by atoms with E-state index in [2.05, 4.69) is 17.2 Å². The Kier molecular flexibility index (Phi) is 3.72. The van der Waals surface area contributed by atoms with Gasteiger partial charge in [-0.1, -0.05) is 31.2 Å². The van der Waals surface area contributed by atoms with Gasteiger partial charge in [0.25, 0.3) is 5.91 Å². The molecule has 0 aliphatic rings. The van der Waals surface area contributed by atoms with Crippen LogP contribution >= 0.6 is 0 Å². The number of pyridine rings is 1. The van der Waals surface area contributed by atoms with Crippen molar-refractivity contribution in [2.75, 3.05) is 5.32 Å². The fourth-order valence-electron chi connectivity index (χ4n) is 1.81. The number of rotatable bonds is 3. The SMILES string of the molecule is CCc1ccccc1NC(=O)c1cccc(C)n1. The minimum absolute atomic E-state index is 0.167. The van der Waals surface area contributed by atoms with Crippen LogP contribution in [-0.4, -0.2) is 10.9 Å². The Morgan fingerprint density at radius 1 is 1.17 bits per heavy atom. The number of aromatic nitrogens is 1. The quantitative estimate of drug-likeness (QED) is 0.895. The number of nitrogens with one attached hydrogen (secondary N) is 1. The normalized spacial score (nSPS) is 10.1. The van der Waals surface area contributed by atoms with Gasteiger partial charge in [0.15, 0.2) is 0 Å². The van der Waals surface area contributed by atoms with Crippen LogP contribution in [0.1, 0.15) is 28.7 Å². The van der Waals surface area contributed by atoms with Crippen LogP contribution in [0.3, 0.4) is 0 Å². The monoisotopic (exact) mass is 240 g/mol. The van der Waals surface area contributed by atoms with Crippen LogP contribution in [0.15, 0.2) is 42.5 Å². The highest BCUT2D eigenvalue weighted by Gasteiger charge is 2.09. The molecule has 1 N–H and O–H groups in total. The van der Waals surface area contributed by atoms with Gasteiger partial charge in [0.05, 0.1) is 0 Å². The lowest BCUT2D eigenvalue weighted by atomic mass is 10.1. The maximum absolute atomic E-state index is 12.1. The Morgan fingerprint density at radius 3 is 2.67 bits per heavy atom. The molecule has 0 atom stereocenters. The first kappa shape index (κ1) is 12.3. The molecule has 2 aromatic rings. The van der Waals surface area contributed by atoms with Gasteiger partial charge < -0.3 is 5.32 Å². The minimum Gasteiger partial charge on any atom is -0.320 e. The molecule has 0 aliphatic carbocycles. The first-order valence-corrected chi connectivity index (χ1v) is 6.03. The Bertz CT molecular complexity index is 564. The topological polar surface area (TPSA) is 42.0 Å². The summed E-state index contributed by atoms with van der Waals surface area (Å²) >= 11 is 0. The van der Waals surface area contributed by atoms with Crippen molar-refractivity contribution in [3.63, 3.8) is 0 Å². The molecule has 1 heterocycles. The largest absolute Gasteiger partial charge is 0.320 e. The molecule has 0 saturated carbocycles. The van der Waals surface area contributed by atoms with E-state index in [0.29, 0.717) is 5.69 Å². The lowest BCUT2D eigenvalue weighted by Crippen LogP contribution is -2.15. The number of hydrogen-bond acceptors (Lipinski definition) is 2. The number of hydrogen-bond donors (Lipinski definition) is 1. The molecule has 0 fully saturated rings. The third-order valence-electron chi connectivity index (χ3n) is 2.77. The summed E-state index contributed by atoms with van der Waals surface area (Å²) < 4.78 is 0. The zero-order valence-corrected chi connectivity index (χ0v) is 10.6. The number of amides is 1. The number of aryl methyl sites for hydroxylation is 2. The number of anilines is 1. The second kappa shape index (κ2) is 5.45. The van der Waals surface area contributed by atoms with Gasteiger partial charge in [-0.3, -0.25) is 4.79 Å². The molecular formula is C15H16N2O. The lowest BCUT2D eigenvalue weighted by molar-refractivity contribution is 0.102. The van der Waals surface area contributed by atoms with Gasteiger partial charge in [0.1, 0.15) is 5.69 Å². The maximum atomic E-state index is 12.1. The summed E-state index contributed by atoms with van der Waals surface area (Å²) in [6.07, 6.45) is 0.887. The molecule has 18 heavy (non-hydrogen) atoms. The van der Waals surface area contributed by atoms with E-state index in [-0.39, 0.29) is 5.91 Å². The molecule has 1 amide bonds. The van der Waals surface area contributed by atoms with E-state index >= 15 is 0 Å². The van der Waals surface area contributed by atoms with E-state index < -0.39 is 0 Å². The van der Waals surface area contributed by atoms with Gasteiger partial charge >= 0.3 is 0 Å². The number of carbonyl (C=O) groups excluding carboxylic acids is 1. The zero-order valence-electron chi connectivity index (χ0n) is 10.6. The molecule has 2 rings (SSSR count). The molecule has 0 spiro atoms. The smallest absolute Gasteiger partial charge is 0.274 e. The van der Waals surface area contributed by atoms with Crippen LogP contribution in [0.25, 0.3) is 0 Å². The van der Waals surface area contributed by atoms with E-state index in [9.17, 15) is 4.79 Å². The molecule has 3 nitrogen and oxygen atoms in total. The molecule has 0 unspecified atom stereocenters. The van der Waals surface area contributed by atoms with Crippen LogP contribution < -0.4 is 5.32 Å². The number of carbonyl (C=O) groups is 1. The number of para-hydroxylation sites is 1. The van der Waals surface area contributed by atoms with Gasteiger partial charge in [-0.15, -0.1) is 0 Å². The highest BCUT2D eigenvalue weighted by molar-refractivity contribution is 6.03. The van der Waals surface area contributed by atoms with E-state index in [0.717, 1.165) is 23.4 Å². The highest BCUT2D eigenvalue weighted by Crippen LogP contribution is 2.16. The first-order chi connectivity index (χ1) is 8.70. The molecule has 3 heteroatoms. The fourth-order valence-corrected chi connectivity index (χ4v) is 1.81. The van der Waals surface area contributed by atoms with Crippen molar-refractivity contribution in [2.24, 2.45) is 0 Å². The minimum atomic E-state index is -0.167. The Morgan fingerprint density at radius 2 is 1.94 bits per heavy atom. The Labute approximate surface area is 107 Å². The van der Waals surface area contributed by atoms with Crippen molar-refractivity contribution in [1.82, 2.24) is 4.98 Å². The molecule has 1 aromatic carbocycles. The average molecular weight is 240 g/mol. The molecule has 0 aliphatic heterocycles. The van der Waals surface area contributed by atoms with Crippen LogP contribution in [0.4, 0.5) is 5.69 Å². The lowest BCUT2D eigenvalue weighted by Gasteiger charge is -2.09. The number of benzene rings is 1. The predicted octanol–water partition coefficient (Wildman–Crippen LogP) is 3.20. The molecule has 1 aromatic heterocycles. The van der Waals surface area contributed by atoms with Crippen molar-refractivity contribution in [1.29, 1.82) is 0 Å². The third-order valence-corrected chi connectivity index (χ3v) is 2.77. The van der Waals surface area contributed by atoms with Crippen molar-refractivity contribution in [3.05, 3.63) is 59.4 Å². The van der Waals surface area contributed by atoms with Gasteiger partial charge in [-0.2, -0.15) is 0 Å². The second-order valence-corrected chi connectivity index (χ2v) is 4.13. The summed E-state index contributed by atoms with van der Waals surface area (Å²) in [5, 5.41) is 2.90. The number of nitrogens with zero attached hydrogens (tertiary/aromatic N) is 1. The van der Waals surface area contributed by atoms with E-state index in [1.54, 1.807) is 6.07 Å². The standard InChI is InChI=1S/C15H16N2O/c1-3-12-8-4-5-9-13(12)17-15(18)14-10-6-7-11(2)16-14/h4-10H,3H2,1-2H3,(H,17,18). The van der Waals surface area contributed by atoms with Gasteiger partial charge in [-0.25, -0.2) is 4.98 Å². The van der Waals surface area contributed by atoms with Crippen molar-refractivity contribution in [2.45, 2.75) is 20.3 Å². The van der Waals surface area contributed by atoms with E-state index in [1.165, 1.54) is 0 Å². The van der Waals surface area contributed by atoms with Crippen LogP contribution in [0, 0.1) is 6.92 Å². The van der Waals surface area contributed by atoms with Crippen LogP contribution in [0.5, 0.6) is 0 Å². The van der Waals surface area contributed by atoms with Crippen LogP contribution in [0.2, 0.25) is 0 Å². The molecule has 92 valence electrons. The summed E-state index contributed by atoms with van der Waals surface area (Å²) in [6, 6.07) is 13.2. The summed E-state index contributed by atoms with van der Waals surface area (Å²) in [4.78, 5) is 16.3. The van der Waals surface area contributed by atoms with Gasteiger partial charge in [0.2, 0.25) is 0 Å². The average Bonchev–Trinajstić information content (AvgIpc) is 2.39. The Hall–Kier alpha value is -2.16. The third kappa shape index (κ3) is 2.74. The van der Waals surface area contributed by atoms with Crippen molar-refractivity contribution < 1.29 is 4.79 Å². The highest BCUT2D eigenvalue weighted by atomic mass is 16.1. The van der Waals surface area contributed by atoms with Crippen molar-refractivity contribution in [3.8, 4) is 0 Å². The Balaban J connectivity index is 2.21. The van der Waals surface area contributed by atoms with E-state index in [4.69, 9.17) is 0 Å². The summed E-state index contributed by atoms with van der Waals surface area (Å²) in [5.41, 5.74) is 3.26. The molecular weight excluding hydrogens is 224 g/mol. The predicted molar refractivity (Wildman–Crippen MR) is 72.7 cm³/mol. The summed E-state index contributed by atoms with van der Waals surface area (Å²) in [7, 11) is 0. The van der Waals surface area contributed by atoms with E-state index in [1.807, 2.05) is 43.3 Å². The molecule has 0 saturated heterocycles. The summed E-state index contributed by atoms with van der Waals surface area (Å²) in [6.45, 7) is 3.94. The fraction of sp³-hybridized carbons (Fsp3) is 0.200. The van der Waals surface area contributed by atoms with Crippen LogP contribution in [-0.2, 0) is 6.42 Å². The second-order valence-electron chi connectivity index (χ2n) is 4.13. The van der Waals surface area contributed by atoms with Crippen molar-refractivity contribution >= 4 is 11.6 Å². The van der Waals surface area contributed by atoms with Gasteiger partial charge in [-0.05, 0) is 37.1 Å². The maximum Gasteiger partial charge on any atom is 0.274 e. The first-order valence-electron chi connectivity index (χ1n) is 6.03. The molecule has 0 radical (unpaired) electrons.